The first-order valence-electron chi connectivity index (χ1n) is 7.52. The lowest BCUT2D eigenvalue weighted by Crippen LogP contribution is -2.49. The Balaban J connectivity index is 1.76. The summed E-state index contributed by atoms with van der Waals surface area (Å²) in [5.41, 5.74) is -1.06. The van der Waals surface area contributed by atoms with Gasteiger partial charge in [-0.15, -0.1) is 0 Å². The molecule has 0 radical (unpaired) electrons. The van der Waals surface area contributed by atoms with E-state index in [2.05, 4.69) is 0 Å². The van der Waals surface area contributed by atoms with Crippen molar-refractivity contribution >= 4 is 17.5 Å². The van der Waals surface area contributed by atoms with Crippen LogP contribution >= 0.6 is 0 Å². The average Bonchev–Trinajstić information content (AvgIpc) is 3.15. The molecule has 27 heavy (non-hydrogen) atoms. The Morgan fingerprint density at radius 1 is 0.926 bits per heavy atom. The quantitative estimate of drug-likeness (QED) is 0.264. The van der Waals surface area contributed by atoms with Gasteiger partial charge in [0.25, 0.3) is 5.91 Å². The lowest BCUT2D eigenvalue weighted by atomic mass is 10.2. The van der Waals surface area contributed by atoms with Crippen LogP contribution in [0.25, 0.3) is 0 Å². The number of nitrogens with zero attached hydrogens (tertiary/aromatic N) is 3. The van der Waals surface area contributed by atoms with E-state index in [4.69, 9.17) is 4.42 Å². The third kappa shape index (κ3) is 3.17. The molecule has 0 N–H and O–H groups in total. The number of benzene rings is 1. The van der Waals surface area contributed by atoms with Gasteiger partial charge in [0.2, 0.25) is 5.82 Å². The van der Waals surface area contributed by atoms with Crippen molar-refractivity contribution in [3.05, 3.63) is 57.1 Å². The Kier molecular flexibility index (Phi) is 4.72. The van der Waals surface area contributed by atoms with Gasteiger partial charge in [-0.25, -0.2) is 22.0 Å². The van der Waals surface area contributed by atoms with Gasteiger partial charge in [-0.1, -0.05) is 0 Å². The minimum Gasteiger partial charge on any atom is -0.395 e. The molecule has 144 valence electrons. The van der Waals surface area contributed by atoms with Crippen LogP contribution in [-0.2, 0) is 0 Å². The lowest BCUT2D eigenvalue weighted by molar-refractivity contribution is -0.402. The van der Waals surface area contributed by atoms with Crippen LogP contribution in [0.5, 0.6) is 0 Å². The first-order valence-corrected chi connectivity index (χ1v) is 7.52. The van der Waals surface area contributed by atoms with Crippen LogP contribution in [0.1, 0.15) is 10.6 Å². The number of amides is 1. The van der Waals surface area contributed by atoms with Crippen LogP contribution in [-0.4, -0.2) is 41.9 Å². The Labute approximate surface area is 147 Å². The largest absolute Gasteiger partial charge is 0.433 e. The van der Waals surface area contributed by atoms with Crippen molar-refractivity contribution in [2.45, 2.75) is 0 Å². The molecule has 0 aliphatic carbocycles. The Morgan fingerprint density at radius 3 is 1.93 bits per heavy atom. The van der Waals surface area contributed by atoms with Crippen LogP contribution in [0.3, 0.4) is 0 Å². The van der Waals surface area contributed by atoms with Crippen molar-refractivity contribution in [3.63, 3.8) is 0 Å². The molecule has 1 saturated heterocycles. The molecule has 1 amide bonds. The van der Waals surface area contributed by atoms with E-state index < -0.39 is 51.5 Å². The number of piperazine rings is 1. The van der Waals surface area contributed by atoms with Gasteiger partial charge in [0.1, 0.15) is 10.6 Å². The fraction of sp³-hybridized carbons (Fsp3) is 0.267. The number of hydrogen-bond acceptors (Lipinski definition) is 5. The molecular formula is C15H10F5N3O4. The predicted octanol–water partition coefficient (Wildman–Crippen LogP) is 2.85. The second-order valence-corrected chi connectivity index (χ2v) is 5.59. The van der Waals surface area contributed by atoms with E-state index >= 15 is 0 Å². The van der Waals surface area contributed by atoms with Crippen LogP contribution in [0.2, 0.25) is 0 Å². The summed E-state index contributed by atoms with van der Waals surface area (Å²) in [6.45, 7) is -0.667. The molecule has 1 aliphatic rings. The summed E-state index contributed by atoms with van der Waals surface area (Å²) < 4.78 is 72.3. The monoisotopic (exact) mass is 391 g/mol. The van der Waals surface area contributed by atoms with Gasteiger partial charge in [-0.3, -0.25) is 14.9 Å². The van der Waals surface area contributed by atoms with E-state index in [1.165, 1.54) is 4.90 Å². The fourth-order valence-electron chi connectivity index (χ4n) is 2.70. The topological polar surface area (TPSA) is 79.8 Å². The summed E-state index contributed by atoms with van der Waals surface area (Å²) in [7, 11) is 0. The number of halogens is 5. The normalized spacial score (nSPS) is 14.6. The fourth-order valence-corrected chi connectivity index (χ4v) is 2.70. The maximum atomic E-state index is 13.9. The van der Waals surface area contributed by atoms with E-state index in [1.807, 2.05) is 0 Å². The van der Waals surface area contributed by atoms with E-state index in [-0.39, 0.29) is 31.9 Å². The van der Waals surface area contributed by atoms with Gasteiger partial charge in [0, 0.05) is 26.2 Å². The number of furan rings is 1. The summed E-state index contributed by atoms with van der Waals surface area (Å²) in [5, 5.41) is 10.6. The number of carbonyl (C=O) groups excluding carboxylic acids is 1. The Hall–Kier alpha value is -3.18. The molecule has 1 aromatic carbocycles. The highest BCUT2D eigenvalue weighted by atomic mass is 19.2. The molecule has 1 aromatic heterocycles. The Morgan fingerprint density at radius 2 is 1.44 bits per heavy atom. The molecule has 0 saturated carbocycles. The highest BCUT2D eigenvalue weighted by Crippen LogP contribution is 2.31. The lowest BCUT2D eigenvalue weighted by Gasteiger charge is -2.36. The van der Waals surface area contributed by atoms with Crippen molar-refractivity contribution in [2.75, 3.05) is 31.1 Å². The molecule has 0 spiro atoms. The molecule has 2 aromatic rings. The molecule has 1 aliphatic heterocycles. The smallest absolute Gasteiger partial charge is 0.395 e. The van der Waals surface area contributed by atoms with Crippen LogP contribution < -0.4 is 4.90 Å². The molecule has 3 rings (SSSR count). The van der Waals surface area contributed by atoms with E-state index in [0.29, 0.717) is 0 Å². The van der Waals surface area contributed by atoms with Crippen molar-refractivity contribution in [2.24, 2.45) is 0 Å². The predicted molar refractivity (Wildman–Crippen MR) is 79.7 cm³/mol. The molecular weight excluding hydrogens is 381 g/mol. The summed E-state index contributed by atoms with van der Waals surface area (Å²) in [4.78, 5) is 24.1. The molecule has 0 atom stereocenters. The third-order valence-corrected chi connectivity index (χ3v) is 4.05. The second-order valence-electron chi connectivity index (χ2n) is 5.59. The van der Waals surface area contributed by atoms with E-state index in [1.54, 1.807) is 0 Å². The van der Waals surface area contributed by atoms with Gasteiger partial charge >= 0.3 is 5.88 Å². The average molecular weight is 391 g/mol. The van der Waals surface area contributed by atoms with Gasteiger partial charge in [0.15, 0.2) is 29.0 Å². The summed E-state index contributed by atoms with van der Waals surface area (Å²) in [5.74, 6) is -11.9. The third-order valence-electron chi connectivity index (χ3n) is 4.05. The van der Waals surface area contributed by atoms with Crippen molar-refractivity contribution < 1.29 is 36.1 Å². The molecule has 1 fully saturated rings. The summed E-state index contributed by atoms with van der Waals surface area (Å²) in [6, 6.07) is 2.11. The van der Waals surface area contributed by atoms with Gasteiger partial charge < -0.3 is 14.2 Å². The zero-order chi connectivity index (χ0) is 19.9. The SMILES string of the molecule is O=C(c1ccc([N+](=O)[O-])o1)N1CCN(c2c(F)c(F)c(F)c(F)c2F)CC1. The Bertz CT molecular complexity index is 895. The molecule has 0 bridgehead atoms. The first kappa shape index (κ1) is 18.6. The first-order chi connectivity index (χ1) is 12.7. The van der Waals surface area contributed by atoms with Crippen LogP contribution in [0.4, 0.5) is 33.5 Å². The van der Waals surface area contributed by atoms with E-state index in [9.17, 15) is 36.9 Å². The highest BCUT2D eigenvalue weighted by molar-refractivity contribution is 5.92. The molecule has 0 unspecified atom stereocenters. The zero-order valence-corrected chi connectivity index (χ0v) is 13.3. The minimum absolute atomic E-state index is 0.118. The molecule has 12 heteroatoms. The standard InChI is InChI=1S/C15H10F5N3O4/c16-9-10(17)12(19)14(13(20)11(9)18)21-3-5-22(6-4-21)15(24)7-1-2-8(27-7)23(25)26/h1-2H,3-6H2. The van der Waals surface area contributed by atoms with Crippen LogP contribution in [0.15, 0.2) is 16.5 Å². The minimum atomic E-state index is -2.25. The zero-order valence-electron chi connectivity index (χ0n) is 13.3. The van der Waals surface area contributed by atoms with Crippen LogP contribution in [0, 0.1) is 39.2 Å². The summed E-state index contributed by atoms with van der Waals surface area (Å²) in [6.07, 6.45) is 0. The number of rotatable bonds is 3. The number of carbonyl (C=O) groups is 1. The molecule has 7 nitrogen and oxygen atoms in total. The van der Waals surface area contributed by atoms with Crippen molar-refractivity contribution in [3.8, 4) is 0 Å². The number of hydrogen-bond donors (Lipinski definition) is 0. The van der Waals surface area contributed by atoms with E-state index in [0.717, 1.165) is 17.0 Å². The maximum absolute atomic E-state index is 13.9. The van der Waals surface area contributed by atoms with Gasteiger partial charge in [-0.05, 0) is 6.07 Å². The van der Waals surface area contributed by atoms with Crippen molar-refractivity contribution in [1.29, 1.82) is 0 Å². The second kappa shape index (κ2) is 6.85. The highest BCUT2D eigenvalue weighted by Gasteiger charge is 2.32. The number of nitro groups is 1. The van der Waals surface area contributed by atoms with Crippen molar-refractivity contribution in [1.82, 2.24) is 4.90 Å². The number of anilines is 1. The van der Waals surface area contributed by atoms with Gasteiger partial charge in [-0.2, -0.15) is 0 Å². The molecule has 2 heterocycles. The van der Waals surface area contributed by atoms with Gasteiger partial charge in [0.05, 0.1) is 6.07 Å². The maximum Gasteiger partial charge on any atom is 0.433 e. The summed E-state index contributed by atoms with van der Waals surface area (Å²) >= 11 is 0.